The van der Waals surface area contributed by atoms with E-state index >= 15 is 0 Å². The van der Waals surface area contributed by atoms with Crippen molar-refractivity contribution in [3.05, 3.63) is 0 Å². The summed E-state index contributed by atoms with van der Waals surface area (Å²) in [6, 6.07) is 0.784. The van der Waals surface area contributed by atoms with Gasteiger partial charge >= 0.3 is 0 Å². The Kier molecular flexibility index (Phi) is 5.42. The number of nitrogens with zero attached hydrogens (tertiary/aromatic N) is 1. The van der Waals surface area contributed by atoms with Crippen molar-refractivity contribution in [2.75, 3.05) is 13.1 Å². The molecule has 1 rings (SSSR count). The Hall–Kier alpha value is -0.120. The first kappa shape index (κ1) is 14.9. The number of piperidine rings is 1. The third-order valence-electron chi connectivity index (χ3n) is 3.53. The lowest BCUT2D eigenvalue weighted by Gasteiger charge is -2.37. The second-order valence-corrected chi connectivity index (χ2v) is 6.44. The zero-order valence-corrected chi connectivity index (χ0v) is 12.2. The van der Waals surface area contributed by atoms with E-state index in [4.69, 9.17) is 10.5 Å². The smallest absolute Gasteiger partial charge is 0.0717 e. The summed E-state index contributed by atoms with van der Waals surface area (Å²) in [7, 11) is 0. The lowest BCUT2D eigenvalue weighted by atomic mass is 10.0. The summed E-state index contributed by atoms with van der Waals surface area (Å²) in [4.78, 5) is 2.51. The van der Waals surface area contributed by atoms with E-state index < -0.39 is 0 Å². The first-order chi connectivity index (χ1) is 7.79. The van der Waals surface area contributed by atoms with Gasteiger partial charge in [0.25, 0.3) is 0 Å². The van der Waals surface area contributed by atoms with Crippen LogP contribution in [0.3, 0.4) is 0 Å². The van der Waals surface area contributed by atoms with Gasteiger partial charge in [0.15, 0.2) is 0 Å². The molecule has 0 spiro atoms. The molecule has 3 nitrogen and oxygen atoms in total. The molecular weight excluding hydrogens is 212 g/mol. The molecule has 0 bridgehead atoms. The molecule has 0 aromatic rings. The number of ether oxygens (including phenoxy) is 1. The normalized spacial score (nSPS) is 26.8. The average molecular weight is 242 g/mol. The van der Waals surface area contributed by atoms with Crippen molar-refractivity contribution in [3.63, 3.8) is 0 Å². The van der Waals surface area contributed by atoms with E-state index in [-0.39, 0.29) is 17.7 Å². The van der Waals surface area contributed by atoms with Crippen LogP contribution in [0.15, 0.2) is 0 Å². The van der Waals surface area contributed by atoms with Gasteiger partial charge in [-0.2, -0.15) is 0 Å². The second-order valence-electron chi connectivity index (χ2n) is 6.44. The lowest BCUT2D eigenvalue weighted by Crippen LogP contribution is -2.50. The highest BCUT2D eigenvalue weighted by molar-refractivity contribution is 4.81. The molecule has 2 N–H and O–H groups in total. The van der Waals surface area contributed by atoms with Crippen molar-refractivity contribution < 1.29 is 4.74 Å². The number of hydrogen-bond donors (Lipinski definition) is 1. The standard InChI is InChI=1S/C14H30N2O/c1-11-8-6-7-9-16(11)10-13(15)12(2)17-14(3,4)5/h11-13H,6-10,15H2,1-5H3/t11?,12-,13-/m1/s1. The monoisotopic (exact) mass is 242 g/mol. The van der Waals surface area contributed by atoms with Gasteiger partial charge in [-0.25, -0.2) is 0 Å². The quantitative estimate of drug-likeness (QED) is 0.822. The van der Waals surface area contributed by atoms with Crippen LogP contribution >= 0.6 is 0 Å². The van der Waals surface area contributed by atoms with Crippen molar-refractivity contribution in [1.29, 1.82) is 0 Å². The van der Waals surface area contributed by atoms with Gasteiger partial charge < -0.3 is 10.5 Å². The van der Waals surface area contributed by atoms with E-state index in [0.717, 1.165) is 6.54 Å². The molecule has 0 aromatic carbocycles. The molecule has 17 heavy (non-hydrogen) atoms. The molecule has 1 aliphatic rings. The molecule has 102 valence electrons. The molecule has 0 aromatic heterocycles. The van der Waals surface area contributed by atoms with Crippen LogP contribution in [0.25, 0.3) is 0 Å². The largest absolute Gasteiger partial charge is 0.371 e. The fraction of sp³-hybridized carbons (Fsp3) is 1.00. The van der Waals surface area contributed by atoms with Crippen molar-refractivity contribution in [2.45, 2.75) is 77.7 Å². The molecule has 0 saturated carbocycles. The molecule has 0 aliphatic carbocycles. The minimum absolute atomic E-state index is 0.106. The van der Waals surface area contributed by atoms with Crippen molar-refractivity contribution in [3.8, 4) is 0 Å². The molecule has 1 saturated heterocycles. The van der Waals surface area contributed by atoms with Crippen LogP contribution in [-0.2, 0) is 4.74 Å². The Bertz CT molecular complexity index is 225. The molecule has 1 unspecified atom stereocenters. The molecule has 3 heteroatoms. The molecule has 1 aliphatic heterocycles. The minimum atomic E-state index is -0.107. The van der Waals surface area contributed by atoms with E-state index in [1.54, 1.807) is 0 Å². The Labute approximate surface area is 107 Å². The minimum Gasteiger partial charge on any atom is -0.371 e. The highest BCUT2D eigenvalue weighted by Crippen LogP contribution is 2.18. The summed E-state index contributed by atoms with van der Waals surface area (Å²) < 4.78 is 5.92. The number of nitrogens with two attached hydrogens (primary N) is 1. The van der Waals surface area contributed by atoms with Gasteiger partial charge in [0, 0.05) is 18.6 Å². The number of likely N-dealkylation sites (tertiary alicyclic amines) is 1. The van der Waals surface area contributed by atoms with Gasteiger partial charge in [0.1, 0.15) is 0 Å². The van der Waals surface area contributed by atoms with Crippen LogP contribution in [-0.4, -0.2) is 41.8 Å². The van der Waals surface area contributed by atoms with Crippen LogP contribution in [0, 0.1) is 0 Å². The molecule has 0 amide bonds. The predicted octanol–water partition coefficient (Wildman–Crippen LogP) is 2.39. The van der Waals surface area contributed by atoms with Crippen LogP contribution in [0.5, 0.6) is 0 Å². The van der Waals surface area contributed by atoms with Gasteiger partial charge in [-0.05, 0) is 54.0 Å². The van der Waals surface area contributed by atoms with Gasteiger partial charge in [-0.15, -0.1) is 0 Å². The summed E-state index contributed by atoms with van der Waals surface area (Å²) in [5, 5.41) is 0. The fourth-order valence-electron chi connectivity index (χ4n) is 2.49. The SMILES string of the molecule is CC1CCCCN1C[C@@H](N)[C@@H](C)OC(C)(C)C. The predicted molar refractivity (Wildman–Crippen MR) is 73.2 cm³/mol. The molecule has 3 atom stereocenters. The number of hydrogen-bond acceptors (Lipinski definition) is 3. The molecule has 1 heterocycles. The summed E-state index contributed by atoms with van der Waals surface area (Å²) >= 11 is 0. The molecule has 0 radical (unpaired) electrons. The van der Waals surface area contributed by atoms with E-state index in [9.17, 15) is 0 Å². The van der Waals surface area contributed by atoms with Crippen LogP contribution in [0.2, 0.25) is 0 Å². The third kappa shape index (κ3) is 5.36. The van der Waals surface area contributed by atoms with E-state index in [2.05, 4.69) is 39.5 Å². The Morgan fingerprint density at radius 2 is 2.00 bits per heavy atom. The topological polar surface area (TPSA) is 38.5 Å². The van der Waals surface area contributed by atoms with E-state index in [0.29, 0.717) is 6.04 Å². The highest BCUT2D eigenvalue weighted by atomic mass is 16.5. The summed E-state index contributed by atoms with van der Waals surface area (Å²) in [6.45, 7) is 12.8. The summed E-state index contributed by atoms with van der Waals surface area (Å²) in [6.07, 6.45) is 4.09. The maximum atomic E-state index is 6.25. The zero-order valence-electron chi connectivity index (χ0n) is 12.2. The van der Waals surface area contributed by atoms with Gasteiger partial charge in [0.2, 0.25) is 0 Å². The summed E-state index contributed by atoms with van der Waals surface area (Å²) in [5.74, 6) is 0. The maximum absolute atomic E-state index is 6.25. The lowest BCUT2D eigenvalue weighted by molar-refractivity contribution is -0.0663. The first-order valence-corrected chi connectivity index (χ1v) is 6.97. The van der Waals surface area contributed by atoms with Crippen LogP contribution < -0.4 is 5.73 Å². The molecule has 1 fully saturated rings. The average Bonchev–Trinajstić information content (AvgIpc) is 2.18. The maximum Gasteiger partial charge on any atom is 0.0717 e. The third-order valence-corrected chi connectivity index (χ3v) is 3.53. The van der Waals surface area contributed by atoms with Crippen molar-refractivity contribution in [1.82, 2.24) is 4.90 Å². The Morgan fingerprint density at radius 1 is 1.35 bits per heavy atom. The second kappa shape index (κ2) is 6.17. The van der Waals surface area contributed by atoms with Crippen molar-refractivity contribution >= 4 is 0 Å². The molecular formula is C14H30N2O. The van der Waals surface area contributed by atoms with Crippen LogP contribution in [0.1, 0.15) is 53.9 Å². The van der Waals surface area contributed by atoms with Crippen LogP contribution in [0.4, 0.5) is 0 Å². The first-order valence-electron chi connectivity index (χ1n) is 6.97. The van der Waals surface area contributed by atoms with Gasteiger partial charge in [-0.3, -0.25) is 4.90 Å². The Balaban J connectivity index is 2.39. The fourth-order valence-corrected chi connectivity index (χ4v) is 2.49. The van der Waals surface area contributed by atoms with Crippen molar-refractivity contribution in [2.24, 2.45) is 5.73 Å². The van der Waals surface area contributed by atoms with Gasteiger partial charge in [0.05, 0.1) is 11.7 Å². The summed E-state index contributed by atoms with van der Waals surface area (Å²) in [5.41, 5.74) is 6.14. The zero-order chi connectivity index (χ0) is 13.1. The van der Waals surface area contributed by atoms with Gasteiger partial charge in [-0.1, -0.05) is 6.42 Å². The Morgan fingerprint density at radius 3 is 2.53 bits per heavy atom. The van der Waals surface area contributed by atoms with E-state index in [1.807, 2.05) is 0 Å². The number of rotatable bonds is 4. The highest BCUT2D eigenvalue weighted by Gasteiger charge is 2.25. The van der Waals surface area contributed by atoms with E-state index in [1.165, 1.54) is 25.8 Å².